The number of hydrogen-bond acceptors (Lipinski definition) is 5. The van der Waals surface area contributed by atoms with Crippen LogP contribution in [0.3, 0.4) is 0 Å². The van der Waals surface area contributed by atoms with E-state index in [4.69, 9.17) is 4.74 Å². The van der Waals surface area contributed by atoms with E-state index in [9.17, 15) is 19.8 Å². The Hall–Kier alpha value is -2.18. The van der Waals surface area contributed by atoms with Crippen molar-refractivity contribution in [2.75, 3.05) is 13.2 Å². The van der Waals surface area contributed by atoms with E-state index in [0.717, 1.165) is 51.4 Å². The molecule has 0 spiro atoms. The van der Waals surface area contributed by atoms with Gasteiger partial charge in [0.2, 0.25) is 5.91 Å². The van der Waals surface area contributed by atoms with Crippen molar-refractivity contribution in [2.45, 2.75) is 379 Å². The molecule has 0 aliphatic rings. The number of allylic oxidation sites excluding steroid dienone is 7. The van der Waals surface area contributed by atoms with Crippen LogP contribution in [0.4, 0.5) is 0 Å². The second-order valence-corrected chi connectivity index (χ2v) is 23.5. The lowest BCUT2D eigenvalue weighted by Crippen LogP contribution is -2.45. The summed E-state index contributed by atoms with van der Waals surface area (Å²) >= 11 is 0. The Morgan fingerprint density at radius 2 is 0.649 bits per heavy atom. The molecule has 0 fully saturated rings. The van der Waals surface area contributed by atoms with Crippen LogP contribution < -0.4 is 5.32 Å². The Kier molecular flexibility index (Phi) is 64.5. The number of aliphatic hydroxyl groups excluding tert-OH is 2. The summed E-state index contributed by atoms with van der Waals surface area (Å²) in [6, 6.07) is -0.628. The maximum Gasteiger partial charge on any atom is 0.305 e. The molecule has 0 aromatic carbocycles. The lowest BCUT2D eigenvalue weighted by Gasteiger charge is -2.20. The van der Waals surface area contributed by atoms with E-state index in [1.54, 1.807) is 6.08 Å². The van der Waals surface area contributed by atoms with Gasteiger partial charge < -0.3 is 20.3 Å². The van der Waals surface area contributed by atoms with Gasteiger partial charge in [0, 0.05) is 12.8 Å². The molecule has 0 aromatic rings. The van der Waals surface area contributed by atoms with Crippen LogP contribution in [0.1, 0.15) is 367 Å². The van der Waals surface area contributed by atoms with E-state index in [1.165, 1.54) is 289 Å². The van der Waals surface area contributed by atoms with Crippen LogP contribution in [0.15, 0.2) is 48.6 Å². The molecule has 0 saturated carbocycles. The summed E-state index contributed by atoms with van der Waals surface area (Å²) in [5, 5.41) is 23.2. The minimum Gasteiger partial charge on any atom is -0.466 e. The number of nitrogens with one attached hydrogen (secondary N) is 1. The first-order valence-corrected chi connectivity index (χ1v) is 34.4. The highest BCUT2D eigenvalue weighted by Crippen LogP contribution is 2.18. The Morgan fingerprint density at radius 1 is 0.364 bits per heavy atom. The standard InChI is InChI=1S/C71H133NO5/c1-3-5-7-9-11-13-15-17-18-36-40-43-47-51-55-59-63-69(74)68(67-73)72-70(75)64-60-56-52-48-44-41-37-34-32-30-28-26-24-22-20-19-21-23-25-27-29-31-33-35-38-42-46-50-54-58-62-66-77-71(76)65-61-57-53-49-45-39-16-14-12-10-8-6-4-2/h14,16,21,23,27,29,59,63,68-69,73-74H,3-13,15,17-20,22,24-26,28,30-58,60-62,64-67H2,1-2H3,(H,72,75)/b16-14-,23-21-,29-27-,63-59+. The molecule has 3 N–H and O–H groups in total. The average Bonchev–Trinajstić information content (AvgIpc) is 3.43. The maximum absolute atomic E-state index is 12.5. The Bertz CT molecular complexity index is 1290. The van der Waals surface area contributed by atoms with E-state index in [2.05, 4.69) is 55.6 Å². The lowest BCUT2D eigenvalue weighted by molar-refractivity contribution is -0.143. The van der Waals surface area contributed by atoms with Gasteiger partial charge >= 0.3 is 5.97 Å². The summed E-state index contributed by atoms with van der Waals surface area (Å²) in [5.41, 5.74) is 0. The summed E-state index contributed by atoms with van der Waals surface area (Å²) in [5.74, 6) is -0.0620. The fourth-order valence-corrected chi connectivity index (χ4v) is 10.5. The molecule has 2 unspecified atom stereocenters. The number of esters is 1. The number of amides is 1. The molecule has 6 heteroatoms. The van der Waals surface area contributed by atoms with Gasteiger partial charge in [-0.25, -0.2) is 0 Å². The number of ether oxygens (including phenoxy) is 1. The van der Waals surface area contributed by atoms with Crippen molar-refractivity contribution in [1.82, 2.24) is 5.32 Å². The Labute approximate surface area is 480 Å². The second kappa shape index (κ2) is 66.3. The summed E-state index contributed by atoms with van der Waals surface area (Å²) in [6.45, 7) is 4.90. The number of carbonyl (C=O) groups is 2. The third-order valence-electron chi connectivity index (χ3n) is 15.8. The molecule has 452 valence electrons. The Balaban J connectivity index is 3.42. The third kappa shape index (κ3) is 62.9. The number of rotatable bonds is 64. The van der Waals surface area contributed by atoms with E-state index in [-0.39, 0.29) is 18.5 Å². The van der Waals surface area contributed by atoms with E-state index in [1.807, 2.05) is 6.08 Å². The lowest BCUT2D eigenvalue weighted by atomic mass is 10.0. The maximum atomic E-state index is 12.5. The Morgan fingerprint density at radius 3 is 1.01 bits per heavy atom. The minimum atomic E-state index is -0.845. The zero-order chi connectivity index (χ0) is 55.7. The van der Waals surface area contributed by atoms with Crippen LogP contribution in [0.25, 0.3) is 0 Å². The molecule has 77 heavy (non-hydrogen) atoms. The predicted molar refractivity (Wildman–Crippen MR) is 338 cm³/mol. The molecule has 0 aromatic heterocycles. The van der Waals surface area contributed by atoms with Crippen molar-refractivity contribution in [2.24, 2.45) is 0 Å². The summed E-state index contributed by atoms with van der Waals surface area (Å²) in [6.07, 6.45) is 86.1. The highest BCUT2D eigenvalue weighted by molar-refractivity contribution is 5.76. The van der Waals surface area contributed by atoms with Crippen LogP contribution >= 0.6 is 0 Å². The van der Waals surface area contributed by atoms with Gasteiger partial charge in [0.05, 0.1) is 25.4 Å². The number of aliphatic hydroxyl groups is 2. The zero-order valence-electron chi connectivity index (χ0n) is 51.7. The van der Waals surface area contributed by atoms with Gasteiger partial charge in [-0.05, 0) is 89.9 Å². The molecular formula is C71H133NO5. The van der Waals surface area contributed by atoms with Crippen molar-refractivity contribution in [3.63, 3.8) is 0 Å². The monoisotopic (exact) mass is 1080 g/mol. The summed E-state index contributed by atoms with van der Waals surface area (Å²) < 4.78 is 5.47. The van der Waals surface area contributed by atoms with Crippen LogP contribution in [0.2, 0.25) is 0 Å². The molecular weight excluding hydrogens is 947 g/mol. The predicted octanol–water partition coefficient (Wildman–Crippen LogP) is 22.1. The molecule has 0 heterocycles. The van der Waals surface area contributed by atoms with Crippen LogP contribution in [0, 0.1) is 0 Å². The fraction of sp³-hybridized carbons (Fsp3) is 0.859. The molecule has 0 aliphatic heterocycles. The van der Waals surface area contributed by atoms with Crippen molar-refractivity contribution >= 4 is 11.9 Å². The molecule has 0 saturated heterocycles. The first-order chi connectivity index (χ1) is 38.0. The van der Waals surface area contributed by atoms with Gasteiger partial charge in [0.1, 0.15) is 0 Å². The third-order valence-corrected chi connectivity index (χ3v) is 15.8. The largest absolute Gasteiger partial charge is 0.466 e. The van der Waals surface area contributed by atoms with E-state index < -0.39 is 12.1 Å². The highest BCUT2D eigenvalue weighted by atomic mass is 16.5. The smallest absolute Gasteiger partial charge is 0.305 e. The van der Waals surface area contributed by atoms with Crippen molar-refractivity contribution in [3.8, 4) is 0 Å². The van der Waals surface area contributed by atoms with Gasteiger partial charge in [0.15, 0.2) is 0 Å². The number of hydrogen-bond donors (Lipinski definition) is 3. The topological polar surface area (TPSA) is 95.9 Å². The summed E-state index contributed by atoms with van der Waals surface area (Å²) in [4.78, 5) is 24.5. The highest BCUT2D eigenvalue weighted by Gasteiger charge is 2.18. The van der Waals surface area contributed by atoms with E-state index >= 15 is 0 Å². The summed E-state index contributed by atoms with van der Waals surface area (Å²) in [7, 11) is 0. The van der Waals surface area contributed by atoms with Gasteiger partial charge in [-0.3, -0.25) is 9.59 Å². The number of unbranched alkanes of at least 4 members (excludes halogenated alkanes) is 47. The van der Waals surface area contributed by atoms with Gasteiger partial charge in [-0.2, -0.15) is 0 Å². The van der Waals surface area contributed by atoms with Gasteiger partial charge in [-0.1, -0.05) is 313 Å². The first-order valence-electron chi connectivity index (χ1n) is 34.4. The molecule has 0 radical (unpaired) electrons. The zero-order valence-corrected chi connectivity index (χ0v) is 51.7. The van der Waals surface area contributed by atoms with Gasteiger partial charge in [-0.15, -0.1) is 0 Å². The fourth-order valence-electron chi connectivity index (χ4n) is 10.5. The molecule has 0 rings (SSSR count). The van der Waals surface area contributed by atoms with Crippen LogP contribution in [-0.2, 0) is 14.3 Å². The second-order valence-electron chi connectivity index (χ2n) is 23.5. The molecule has 2 atom stereocenters. The average molecular weight is 1080 g/mol. The van der Waals surface area contributed by atoms with E-state index in [0.29, 0.717) is 19.4 Å². The van der Waals surface area contributed by atoms with Gasteiger partial charge in [0.25, 0.3) is 0 Å². The SMILES string of the molecule is CCCCCC/C=C\CCCCCCCC(=O)OCCCCCCCCCCC/C=C\C/C=C\CCCCCCCCCCCCCCCCCC(=O)NC(CO)C(O)/C=C/CCCCCCCCCCCCCCCC. The molecule has 6 nitrogen and oxygen atoms in total. The van der Waals surface area contributed by atoms with Crippen molar-refractivity contribution in [3.05, 3.63) is 48.6 Å². The molecule has 0 bridgehead atoms. The quantitative estimate of drug-likeness (QED) is 0.0320. The van der Waals surface area contributed by atoms with Crippen LogP contribution in [-0.4, -0.2) is 47.4 Å². The molecule has 0 aliphatic carbocycles. The molecule has 1 amide bonds. The minimum absolute atomic E-state index is 0.00354. The van der Waals surface area contributed by atoms with Crippen molar-refractivity contribution in [1.29, 1.82) is 0 Å². The van der Waals surface area contributed by atoms with Crippen molar-refractivity contribution < 1.29 is 24.5 Å². The number of carbonyl (C=O) groups excluding carboxylic acids is 2. The first kappa shape index (κ1) is 74.8. The normalized spacial score (nSPS) is 12.8. The van der Waals surface area contributed by atoms with Crippen LogP contribution in [0.5, 0.6) is 0 Å².